The molecule has 1 amide bonds. The van der Waals surface area contributed by atoms with E-state index in [4.69, 9.17) is 17.3 Å². The number of benzene rings is 2. The topological polar surface area (TPSA) is 46.3 Å². The van der Waals surface area contributed by atoms with E-state index in [-0.39, 0.29) is 5.91 Å². The second-order valence-corrected chi connectivity index (χ2v) is 5.45. The SMILES string of the molecule is Nc1ccc2c(c1)CN(C(=O)c1cccc(Cl)c1)CC2. The van der Waals surface area contributed by atoms with Crippen molar-refractivity contribution in [2.45, 2.75) is 13.0 Å². The highest BCUT2D eigenvalue weighted by molar-refractivity contribution is 6.30. The first kappa shape index (κ1) is 13.0. The number of hydrogen-bond donors (Lipinski definition) is 1. The van der Waals surface area contributed by atoms with Crippen LogP contribution >= 0.6 is 11.6 Å². The lowest BCUT2D eigenvalue weighted by Gasteiger charge is -2.29. The molecule has 4 heteroatoms. The van der Waals surface area contributed by atoms with Crippen LogP contribution in [0.25, 0.3) is 0 Å². The van der Waals surface area contributed by atoms with Crippen molar-refractivity contribution in [2.75, 3.05) is 12.3 Å². The number of nitrogen functional groups attached to an aromatic ring is 1. The minimum absolute atomic E-state index is 0.0144. The van der Waals surface area contributed by atoms with Crippen molar-refractivity contribution in [3.63, 3.8) is 0 Å². The zero-order valence-electron chi connectivity index (χ0n) is 11.0. The first-order valence-corrected chi connectivity index (χ1v) is 6.93. The number of carbonyl (C=O) groups is 1. The Morgan fingerprint density at radius 1 is 1.15 bits per heavy atom. The standard InChI is InChI=1S/C16H15ClN2O/c17-14-3-1-2-12(8-14)16(20)19-7-6-11-4-5-15(18)9-13(11)10-19/h1-5,8-9H,6-7,10,18H2. The van der Waals surface area contributed by atoms with Gasteiger partial charge in [0.2, 0.25) is 0 Å². The summed E-state index contributed by atoms with van der Waals surface area (Å²) in [6.45, 7) is 1.33. The normalized spacial score (nSPS) is 13.9. The van der Waals surface area contributed by atoms with Crippen LogP contribution in [0.5, 0.6) is 0 Å². The van der Waals surface area contributed by atoms with Crippen molar-refractivity contribution in [3.8, 4) is 0 Å². The first-order valence-electron chi connectivity index (χ1n) is 6.55. The van der Waals surface area contributed by atoms with Crippen molar-refractivity contribution < 1.29 is 4.79 Å². The Hall–Kier alpha value is -2.00. The number of rotatable bonds is 1. The predicted molar refractivity (Wildman–Crippen MR) is 80.8 cm³/mol. The molecule has 2 aromatic rings. The Bertz CT molecular complexity index is 669. The van der Waals surface area contributed by atoms with Gasteiger partial charge in [0, 0.05) is 29.4 Å². The summed E-state index contributed by atoms with van der Waals surface area (Å²) >= 11 is 5.94. The Balaban J connectivity index is 1.84. The van der Waals surface area contributed by atoms with E-state index in [9.17, 15) is 4.79 Å². The molecule has 2 N–H and O–H groups in total. The van der Waals surface area contributed by atoms with Crippen LogP contribution in [0.15, 0.2) is 42.5 Å². The summed E-state index contributed by atoms with van der Waals surface area (Å²) < 4.78 is 0. The molecule has 0 aliphatic carbocycles. The monoisotopic (exact) mass is 286 g/mol. The van der Waals surface area contributed by atoms with Crippen LogP contribution in [0.1, 0.15) is 21.5 Å². The molecule has 0 spiro atoms. The largest absolute Gasteiger partial charge is 0.399 e. The van der Waals surface area contributed by atoms with Crippen molar-refractivity contribution >= 4 is 23.2 Å². The summed E-state index contributed by atoms with van der Waals surface area (Å²) in [6.07, 6.45) is 0.863. The highest BCUT2D eigenvalue weighted by atomic mass is 35.5. The lowest BCUT2D eigenvalue weighted by atomic mass is 9.98. The van der Waals surface area contributed by atoms with Crippen LogP contribution in [0.3, 0.4) is 0 Å². The number of halogens is 1. The molecule has 20 heavy (non-hydrogen) atoms. The van der Waals surface area contributed by atoms with Crippen molar-refractivity contribution in [2.24, 2.45) is 0 Å². The zero-order valence-corrected chi connectivity index (χ0v) is 11.7. The van der Waals surface area contributed by atoms with Gasteiger partial charge in [0.1, 0.15) is 0 Å². The van der Waals surface area contributed by atoms with Crippen LogP contribution in [0, 0.1) is 0 Å². The second kappa shape index (κ2) is 5.17. The molecule has 0 bridgehead atoms. The number of hydrogen-bond acceptors (Lipinski definition) is 2. The van der Waals surface area contributed by atoms with Gasteiger partial charge in [-0.15, -0.1) is 0 Å². The molecule has 0 saturated heterocycles. The molecule has 1 aliphatic heterocycles. The minimum atomic E-state index is 0.0144. The number of amides is 1. The van der Waals surface area contributed by atoms with Crippen LogP contribution < -0.4 is 5.73 Å². The van der Waals surface area contributed by atoms with E-state index < -0.39 is 0 Å². The van der Waals surface area contributed by atoms with Gasteiger partial charge in [-0.1, -0.05) is 23.7 Å². The lowest BCUT2D eigenvalue weighted by molar-refractivity contribution is 0.0735. The zero-order chi connectivity index (χ0) is 14.1. The predicted octanol–water partition coefficient (Wildman–Crippen LogP) is 3.12. The summed E-state index contributed by atoms with van der Waals surface area (Å²) in [5.74, 6) is 0.0144. The fraction of sp³-hybridized carbons (Fsp3) is 0.188. The van der Waals surface area contributed by atoms with Gasteiger partial charge in [-0.3, -0.25) is 4.79 Å². The second-order valence-electron chi connectivity index (χ2n) is 5.02. The molecule has 102 valence electrons. The molecule has 1 heterocycles. The van der Waals surface area contributed by atoms with Gasteiger partial charge in [0.15, 0.2) is 0 Å². The third kappa shape index (κ3) is 2.49. The smallest absolute Gasteiger partial charge is 0.254 e. The molecule has 0 unspecified atom stereocenters. The molecule has 1 aliphatic rings. The lowest BCUT2D eigenvalue weighted by Crippen LogP contribution is -2.36. The van der Waals surface area contributed by atoms with Crippen LogP contribution in [-0.4, -0.2) is 17.4 Å². The molecule has 3 nitrogen and oxygen atoms in total. The quantitative estimate of drug-likeness (QED) is 0.819. The number of nitrogens with two attached hydrogens (primary N) is 1. The summed E-state index contributed by atoms with van der Waals surface area (Å²) in [5, 5.41) is 0.581. The average molecular weight is 287 g/mol. The van der Waals surface area contributed by atoms with E-state index in [2.05, 4.69) is 0 Å². The molecule has 0 saturated carbocycles. The molecule has 0 atom stereocenters. The summed E-state index contributed by atoms with van der Waals surface area (Å²) in [4.78, 5) is 14.3. The maximum absolute atomic E-state index is 12.5. The fourth-order valence-corrected chi connectivity index (χ4v) is 2.74. The minimum Gasteiger partial charge on any atom is -0.399 e. The van der Waals surface area contributed by atoms with Crippen LogP contribution in [0.2, 0.25) is 5.02 Å². The molecule has 0 fully saturated rings. The molecule has 0 radical (unpaired) electrons. The van der Waals surface area contributed by atoms with Gasteiger partial charge in [-0.05, 0) is 47.9 Å². The molecule has 2 aromatic carbocycles. The van der Waals surface area contributed by atoms with E-state index in [0.29, 0.717) is 17.1 Å². The van der Waals surface area contributed by atoms with Gasteiger partial charge in [-0.25, -0.2) is 0 Å². The maximum Gasteiger partial charge on any atom is 0.254 e. The highest BCUT2D eigenvalue weighted by Crippen LogP contribution is 2.23. The van der Waals surface area contributed by atoms with Gasteiger partial charge in [0.05, 0.1) is 0 Å². The van der Waals surface area contributed by atoms with Gasteiger partial charge < -0.3 is 10.6 Å². The summed E-state index contributed by atoms with van der Waals surface area (Å²) in [5.41, 5.74) is 9.58. The van der Waals surface area contributed by atoms with E-state index in [1.165, 1.54) is 5.56 Å². The number of carbonyl (C=O) groups excluding carboxylic acids is 1. The summed E-state index contributed by atoms with van der Waals surface area (Å²) in [6, 6.07) is 13.0. The summed E-state index contributed by atoms with van der Waals surface area (Å²) in [7, 11) is 0. The van der Waals surface area contributed by atoms with Crippen LogP contribution in [0.4, 0.5) is 5.69 Å². The number of nitrogens with zero attached hydrogens (tertiary/aromatic N) is 1. The van der Waals surface area contributed by atoms with E-state index in [1.54, 1.807) is 24.3 Å². The van der Waals surface area contributed by atoms with Gasteiger partial charge in [0.25, 0.3) is 5.91 Å². The van der Waals surface area contributed by atoms with Crippen LogP contribution in [-0.2, 0) is 13.0 Å². The Kier molecular flexibility index (Phi) is 3.36. The highest BCUT2D eigenvalue weighted by Gasteiger charge is 2.21. The van der Waals surface area contributed by atoms with E-state index in [0.717, 1.165) is 24.2 Å². The van der Waals surface area contributed by atoms with E-state index in [1.807, 2.05) is 23.1 Å². The molecule has 3 rings (SSSR count). The fourth-order valence-electron chi connectivity index (χ4n) is 2.55. The third-order valence-corrected chi connectivity index (χ3v) is 3.84. The first-order chi connectivity index (χ1) is 9.63. The average Bonchev–Trinajstić information content (AvgIpc) is 2.45. The molecule has 0 aromatic heterocycles. The number of anilines is 1. The molecular formula is C16H15ClN2O. The Morgan fingerprint density at radius 3 is 2.80 bits per heavy atom. The Morgan fingerprint density at radius 2 is 2.00 bits per heavy atom. The maximum atomic E-state index is 12.5. The van der Waals surface area contributed by atoms with Gasteiger partial charge in [-0.2, -0.15) is 0 Å². The van der Waals surface area contributed by atoms with E-state index >= 15 is 0 Å². The van der Waals surface area contributed by atoms with Crippen molar-refractivity contribution in [1.29, 1.82) is 0 Å². The third-order valence-electron chi connectivity index (χ3n) is 3.60. The van der Waals surface area contributed by atoms with Crippen molar-refractivity contribution in [1.82, 2.24) is 4.90 Å². The molecular weight excluding hydrogens is 272 g/mol. The van der Waals surface area contributed by atoms with Gasteiger partial charge >= 0.3 is 0 Å². The number of fused-ring (bicyclic) bond motifs is 1. The Labute approximate surface area is 123 Å². The van der Waals surface area contributed by atoms with Crippen molar-refractivity contribution in [3.05, 3.63) is 64.2 Å².